The monoisotopic (exact) mass is 115 g/mol. The molecule has 48 valence electrons. The maximum Gasteiger partial charge on any atom is 0.118 e. The summed E-state index contributed by atoms with van der Waals surface area (Å²) in [6, 6.07) is 0. The Morgan fingerprint density at radius 2 is 2.12 bits per heavy atom. The Bertz CT molecular complexity index is 88.5. The summed E-state index contributed by atoms with van der Waals surface area (Å²) in [6.45, 7) is 2.99. The van der Waals surface area contributed by atoms with Crippen molar-refractivity contribution in [3.63, 3.8) is 0 Å². The van der Waals surface area contributed by atoms with Crippen LogP contribution in [0.1, 0.15) is 19.8 Å². The minimum Gasteiger partial charge on any atom is -0.376 e. The van der Waals surface area contributed by atoms with Gasteiger partial charge in [0, 0.05) is 0 Å². The maximum atomic E-state index is 9.32. The average Bonchev–Trinajstić information content (AvgIpc) is 2.47. The predicted octanol–water partition coefficient (Wildman–Crippen LogP) is 0.420. The highest BCUT2D eigenvalue weighted by molar-refractivity contribution is 4.90. The number of hydrogen-bond donors (Lipinski definition) is 1. The molecule has 0 aromatic carbocycles. The van der Waals surface area contributed by atoms with E-state index in [4.69, 9.17) is 0 Å². The molecule has 2 nitrogen and oxygen atoms in total. The van der Waals surface area contributed by atoms with Gasteiger partial charge in [0.15, 0.2) is 0 Å². The topological polar surface area (TPSA) is 23.5 Å². The molecule has 1 fully saturated rings. The van der Waals surface area contributed by atoms with Crippen molar-refractivity contribution in [2.24, 2.45) is 0 Å². The molecule has 0 saturated heterocycles. The first kappa shape index (κ1) is 6.05. The lowest BCUT2D eigenvalue weighted by molar-refractivity contribution is -0.000287. The van der Waals surface area contributed by atoms with E-state index in [0.717, 1.165) is 19.4 Å². The highest BCUT2D eigenvalue weighted by Gasteiger charge is 2.43. The summed E-state index contributed by atoms with van der Waals surface area (Å²) in [5, 5.41) is 9.32. The van der Waals surface area contributed by atoms with E-state index in [0.29, 0.717) is 0 Å². The molecule has 0 aromatic rings. The Morgan fingerprint density at radius 3 is 2.25 bits per heavy atom. The van der Waals surface area contributed by atoms with E-state index in [-0.39, 0.29) is 0 Å². The molecule has 0 atom stereocenters. The van der Waals surface area contributed by atoms with Crippen LogP contribution in [0.15, 0.2) is 0 Å². The van der Waals surface area contributed by atoms with Gasteiger partial charge < -0.3 is 5.11 Å². The van der Waals surface area contributed by atoms with E-state index >= 15 is 0 Å². The van der Waals surface area contributed by atoms with Gasteiger partial charge in [0.1, 0.15) is 5.72 Å². The molecule has 0 spiro atoms. The van der Waals surface area contributed by atoms with E-state index in [1.165, 1.54) is 0 Å². The highest BCUT2D eigenvalue weighted by Crippen LogP contribution is 2.37. The van der Waals surface area contributed by atoms with E-state index in [9.17, 15) is 5.11 Å². The van der Waals surface area contributed by atoms with Crippen LogP contribution in [0.25, 0.3) is 0 Å². The molecule has 0 amide bonds. The summed E-state index contributed by atoms with van der Waals surface area (Å²) < 4.78 is 0. The molecule has 1 aliphatic rings. The van der Waals surface area contributed by atoms with E-state index in [1.54, 1.807) is 0 Å². The summed E-state index contributed by atoms with van der Waals surface area (Å²) in [4.78, 5) is 1.98. The molecule has 0 bridgehead atoms. The fourth-order valence-corrected chi connectivity index (χ4v) is 0.788. The lowest BCUT2D eigenvalue weighted by atomic mass is 10.5. The molecule has 1 rings (SSSR count). The standard InChI is InChI=1S/C6H13NO/c1-3-7(2)6(8)4-5-6/h8H,3-5H2,1-2H3. The second-order valence-electron chi connectivity index (χ2n) is 2.50. The first-order valence-corrected chi connectivity index (χ1v) is 3.12. The molecule has 1 aliphatic carbocycles. The van der Waals surface area contributed by atoms with Crippen molar-refractivity contribution in [1.82, 2.24) is 4.90 Å². The van der Waals surface area contributed by atoms with Crippen molar-refractivity contribution in [2.45, 2.75) is 25.5 Å². The molecule has 0 heterocycles. The molecule has 2 heteroatoms. The second kappa shape index (κ2) is 1.71. The Kier molecular flexibility index (Phi) is 1.29. The third-order valence-corrected chi connectivity index (χ3v) is 1.88. The van der Waals surface area contributed by atoms with Crippen molar-refractivity contribution in [3.05, 3.63) is 0 Å². The van der Waals surface area contributed by atoms with Crippen LogP contribution < -0.4 is 0 Å². The smallest absolute Gasteiger partial charge is 0.118 e. The number of rotatable bonds is 2. The molecule has 8 heavy (non-hydrogen) atoms. The lowest BCUT2D eigenvalue weighted by Gasteiger charge is -2.19. The van der Waals surface area contributed by atoms with E-state index < -0.39 is 5.72 Å². The molecule has 1 saturated carbocycles. The van der Waals surface area contributed by atoms with Crippen molar-refractivity contribution >= 4 is 0 Å². The molecular formula is C6H13NO. The van der Waals surface area contributed by atoms with Crippen LogP contribution >= 0.6 is 0 Å². The summed E-state index contributed by atoms with van der Waals surface area (Å²) >= 11 is 0. The highest BCUT2D eigenvalue weighted by atomic mass is 16.3. The number of hydrogen-bond acceptors (Lipinski definition) is 2. The number of nitrogens with zero attached hydrogens (tertiary/aromatic N) is 1. The van der Waals surface area contributed by atoms with Crippen LogP contribution in [-0.2, 0) is 0 Å². The zero-order valence-electron chi connectivity index (χ0n) is 5.52. The first-order chi connectivity index (χ1) is 3.69. The van der Waals surface area contributed by atoms with E-state index in [1.807, 2.05) is 11.9 Å². The van der Waals surface area contributed by atoms with Crippen LogP contribution in [0.2, 0.25) is 0 Å². The van der Waals surface area contributed by atoms with Crippen LogP contribution in [0.5, 0.6) is 0 Å². The van der Waals surface area contributed by atoms with Gasteiger partial charge in [-0.1, -0.05) is 6.92 Å². The fourth-order valence-electron chi connectivity index (χ4n) is 0.788. The SMILES string of the molecule is CCN(C)C1(O)CC1. The Morgan fingerprint density at radius 1 is 1.62 bits per heavy atom. The normalized spacial score (nSPS) is 24.0. The number of aliphatic hydroxyl groups is 1. The van der Waals surface area contributed by atoms with Crippen molar-refractivity contribution in [2.75, 3.05) is 13.6 Å². The first-order valence-electron chi connectivity index (χ1n) is 3.12. The van der Waals surface area contributed by atoms with Crippen molar-refractivity contribution in [1.29, 1.82) is 0 Å². The summed E-state index contributed by atoms with van der Waals surface area (Å²) in [7, 11) is 1.95. The van der Waals surface area contributed by atoms with Gasteiger partial charge in [-0.2, -0.15) is 0 Å². The zero-order chi connectivity index (χ0) is 6.20. The van der Waals surface area contributed by atoms with Gasteiger partial charge >= 0.3 is 0 Å². The van der Waals surface area contributed by atoms with Crippen molar-refractivity contribution in [3.8, 4) is 0 Å². The quantitative estimate of drug-likeness (QED) is 0.527. The van der Waals surface area contributed by atoms with Crippen LogP contribution in [-0.4, -0.2) is 29.3 Å². The fraction of sp³-hybridized carbons (Fsp3) is 1.00. The third-order valence-electron chi connectivity index (χ3n) is 1.88. The molecular weight excluding hydrogens is 102 g/mol. The summed E-state index contributed by atoms with van der Waals surface area (Å²) in [5.74, 6) is 0. The van der Waals surface area contributed by atoms with Gasteiger partial charge in [0.2, 0.25) is 0 Å². The molecule has 0 unspecified atom stereocenters. The molecule has 0 aromatic heterocycles. The summed E-state index contributed by atoms with van der Waals surface area (Å²) in [6.07, 6.45) is 1.91. The maximum absolute atomic E-state index is 9.32. The minimum absolute atomic E-state index is 0.408. The third kappa shape index (κ3) is 0.858. The van der Waals surface area contributed by atoms with E-state index in [2.05, 4.69) is 6.92 Å². The van der Waals surface area contributed by atoms with Gasteiger partial charge in [-0.25, -0.2) is 0 Å². The largest absolute Gasteiger partial charge is 0.376 e. The summed E-state index contributed by atoms with van der Waals surface area (Å²) in [5.41, 5.74) is -0.408. The minimum atomic E-state index is -0.408. The van der Waals surface area contributed by atoms with Gasteiger partial charge in [-0.3, -0.25) is 4.90 Å². The van der Waals surface area contributed by atoms with Gasteiger partial charge in [0.25, 0.3) is 0 Å². The predicted molar refractivity (Wildman–Crippen MR) is 32.5 cm³/mol. The Labute approximate surface area is 50.1 Å². The van der Waals surface area contributed by atoms with Crippen LogP contribution in [0, 0.1) is 0 Å². The molecule has 0 radical (unpaired) electrons. The van der Waals surface area contributed by atoms with Gasteiger partial charge in [-0.05, 0) is 26.4 Å². The molecule has 0 aliphatic heterocycles. The molecule has 1 N–H and O–H groups in total. The Hall–Kier alpha value is -0.0800. The van der Waals surface area contributed by atoms with Crippen molar-refractivity contribution < 1.29 is 5.11 Å². The lowest BCUT2D eigenvalue weighted by Crippen LogP contribution is -2.32. The average molecular weight is 115 g/mol. The van der Waals surface area contributed by atoms with Crippen LogP contribution in [0.3, 0.4) is 0 Å². The second-order valence-corrected chi connectivity index (χ2v) is 2.50. The zero-order valence-corrected chi connectivity index (χ0v) is 5.52. The van der Waals surface area contributed by atoms with Gasteiger partial charge in [0.05, 0.1) is 0 Å². The van der Waals surface area contributed by atoms with Gasteiger partial charge in [-0.15, -0.1) is 0 Å². The Balaban J connectivity index is 2.34. The van der Waals surface area contributed by atoms with Crippen LogP contribution in [0.4, 0.5) is 0 Å².